The SMILES string of the molecule is C=Cc1ccc(CSc2nc3ccccc3c(=O)n2Cc2ccc(C(=O)NCCC(C)C)cc2)cc1. The quantitative estimate of drug-likeness (QED) is 0.211. The lowest BCUT2D eigenvalue weighted by Crippen LogP contribution is -2.25. The second-order valence-corrected chi connectivity index (χ2v) is 10.1. The van der Waals surface area contributed by atoms with E-state index in [1.54, 1.807) is 16.3 Å². The summed E-state index contributed by atoms with van der Waals surface area (Å²) in [4.78, 5) is 30.7. The Morgan fingerprint density at radius 3 is 2.42 bits per heavy atom. The summed E-state index contributed by atoms with van der Waals surface area (Å²) in [7, 11) is 0. The van der Waals surface area contributed by atoms with Crippen LogP contribution in [0.2, 0.25) is 0 Å². The van der Waals surface area contributed by atoms with E-state index in [9.17, 15) is 9.59 Å². The molecule has 1 heterocycles. The summed E-state index contributed by atoms with van der Waals surface area (Å²) in [5.74, 6) is 1.16. The molecule has 0 radical (unpaired) electrons. The molecule has 0 aliphatic heterocycles. The molecule has 0 saturated heterocycles. The molecule has 184 valence electrons. The fourth-order valence-electron chi connectivity index (χ4n) is 3.82. The summed E-state index contributed by atoms with van der Waals surface area (Å²) < 4.78 is 1.73. The van der Waals surface area contributed by atoms with Gasteiger partial charge in [0, 0.05) is 17.9 Å². The summed E-state index contributed by atoms with van der Waals surface area (Å²) in [6, 6.07) is 23.1. The van der Waals surface area contributed by atoms with Gasteiger partial charge in [-0.25, -0.2) is 4.98 Å². The van der Waals surface area contributed by atoms with Crippen LogP contribution >= 0.6 is 11.8 Å². The molecule has 0 aliphatic rings. The average Bonchev–Trinajstić information content (AvgIpc) is 2.89. The number of thioether (sulfide) groups is 1. The lowest BCUT2D eigenvalue weighted by molar-refractivity contribution is 0.0952. The Balaban J connectivity index is 1.56. The zero-order valence-corrected chi connectivity index (χ0v) is 21.6. The first-order valence-corrected chi connectivity index (χ1v) is 13.1. The summed E-state index contributed by atoms with van der Waals surface area (Å²) >= 11 is 1.54. The topological polar surface area (TPSA) is 64.0 Å². The Kier molecular flexibility index (Phi) is 8.39. The third-order valence-corrected chi connectivity index (χ3v) is 7.02. The predicted octanol–water partition coefficient (Wildman–Crippen LogP) is 6.16. The number of carbonyl (C=O) groups excluding carboxylic acids is 1. The first-order chi connectivity index (χ1) is 17.4. The van der Waals surface area contributed by atoms with E-state index >= 15 is 0 Å². The number of hydrogen-bond donors (Lipinski definition) is 1. The van der Waals surface area contributed by atoms with Gasteiger partial charge in [0.1, 0.15) is 0 Å². The predicted molar refractivity (Wildman–Crippen MR) is 149 cm³/mol. The molecule has 0 fully saturated rings. The van der Waals surface area contributed by atoms with Gasteiger partial charge >= 0.3 is 0 Å². The molecule has 0 aliphatic carbocycles. The fourth-order valence-corrected chi connectivity index (χ4v) is 4.77. The number of nitrogens with zero attached hydrogens (tertiary/aromatic N) is 2. The Morgan fingerprint density at radius 1 is 1.03 bits per heavy atom. The lowest BCUT2D eigenvalue weighted by atomic mass is 10.1. The summed E-state index contributed by atoms with van der Waals surface area (Å²) in [6.07, 6.45) is 2.76. The van der Waals surface area contributed by atoms with Gasteiger partial charge in [-0.1, -0.05) is 86.8 Å². The van der Waals surface area contributed by atoms with Gasteiger partial charge in [0.05, 0.1) is 17.4 Å². The number of nitrogens with one attached hydrogen (secondary N) is 1. The number of hydrogen-bond acceptors (Lipinski definition) is 4. The van der Waals surface area contributed by atoms with E-state index < -0.39 is 0 Å². The number of aromatic nitrogens is 2. The Hall–Kier alpha value is -3.64. The zero-order chi connectivity index (χ0) is 25.5. The number of fused-ring (bicyclic) bond motifs is 1. The van der Waals surface area contributed by atoms with Crippen LogP contribution in [0.15, 0.2) is 89.3 Å². The van der Waals surface area contributed by atoms with Gasteiger partial charge < -0.3 is 5.32 Å². The summed E-state index contributed by atoms with van der Waals surface area (Å²) in [5, 5.41) is 4.23. The Morgan fingerprint density at radius 2 is 1.72 bits per heavy atom. The van der Waals surface area contributed by atoms with Crippen molar-refractivity contribution in [2.75, 3.05) is 6.54 Å². The Labute approximate surface area is 216 Å². The molecule has 0 unspecified atom stereocenters. The van der Waals surface area contributed by atoms with Crippen LogP contribution in [-0.2, 0) is 12.3 Å². The van der Waals surface area contributed by atoms with Crippen molar-refractivity contribution in [3.8, 4) is 0 Å². The van der Waals surface area contributed by atoms with Crippen LogP contribution in [0.25, 0.3) is 17.0 Å². The van der Waals surface area contributed by atoms with Crippen molar-refractivity contribution in [1.82, 2.24) is 14.9 Å². The molecule has 36 heavy (non-hydrogen) atoms. The van der Waals surface area contributed by atoms with Crippen LogP contribution in [0.1, 0.15) is 47.3 Å². The molecule has 6 heteroatoms. The van der Waals surface area contributed by atoms with Crippen molar-refractivity contribution in [2.24, 2.45) is 5.92 Å². The van der Waals surface area contributed by atoms with Crippen molar-refractivity contribution in [3.05, 3.63) is 112 Å². The van der Waals surface area contributed by atoms with Gasteiger partial charge in [-0.05, 0) is 53.3 Å². The number of carbonyl (C=O) groups is 1. The number of benzene rings is 3. The second-order valence-electron chi connectivity index (χ2n) is 9.17. The first kappa shape index (κ1) is 25.5. The van der Waals surface area contributed by atoms with E-state index in [0.29, 0.717) is 46.4 Å². The van der Waals surface area contributed by atoms with Crippen molar-refractivity contribution < 1.29 is 4.79 Å². The van der Waals surface area contributed by atoms with Gasteiger partial charge in [-0.15, -0.1) is 0 Å². The maximum Gasteiger partial charge on any atom is 0.262 e. The van der Waals surface area contributed by atoms with Crippen molar-refractivity contribution in [2.45, 2.75) is 37.7 Å². The standard InChI is InChI=1S/C30H31N3O2S/c1-4-22-9-11-24(12-10-22)20-36-30-32-27-8-6-5-7-26(27)29(35)33(30)19-23-13-15-25(16-14-23)28(34)31-18-17-21(2)3/h4-16,21H,1,17-20H2,2-3H3,(H,31,34). The van der Waals surface area contributed by atoms with E-state index in [1.165, 1.54) is 0 Å². The molecule has 4 rings (SSSR count). The number of rotatable bonds is 10. The molecule has 3 aromatic carbocycles. The minimum atomic E-state index is -0.0783. The Bertz CT molecular complexity index is 1410. The van der Waals surface area contributed by atoms with Gasteiger partial charge in [-0.2, -0.15) is 0 Å². The fraction of sp³-hybridized carbons (Fsp3) is 0.233. The highest BCUT2D eigenvalue weighted by molar-refractivity contribution is 7.98. The van der Waals surface area contributed by atoms with Crippen LogP contribution < -0.4 is 10.9 Å². The van der Waals surface area contributed by atoms with E-state index in [4.69, 9.17) is 4.98 Å². The maximum absolute atomic E-state index is 13.4. The lowest BCUT2D eigenvalue weighted by Gasteiger charge is -2.14. The van der Waals surface area contributed by atoms with E-state index in [1.807, 2.05) is 66.7 Å². The highest BCUT2D eigenvalue weighted by Crippen LogP contribution is 2.23. The summed E-state index contributed by atoms with van der Waals surface area (Å²) in [5.41, 5.74) is 4.39. The average molecular weight is 498 g/mol. The van der Waals surface area contributed by atoms with Crippen molar-refractivity contribution in [1.29, 1.82) is 0 Å². The number of amides is 1. The molecular formula is C30H31N3O2S. The van der Waals surface area contributed by atoms with E-state index in [2.05, 4.69) is 37.9 Å². The zero-order valence-electron chi connectivity index (χ0n) is 20.7. The van der Waals surface area contributed by atoms with Crippen LogP contribution in [-0.4, -0.2) is 22.0 Å². The smallest absolute Gasteiger partial charge is 0.262 e. The molecule has 1 aromatic heterocycles. The highest BCUT2D eigenvalue weighted by atomic mass is 32.2. The van der Waals surface area contributed by atoms with Gasteiger partial charge in [0.15, 0.2) is 5.16 Å². The first-order valence-electron chi connectivity index (χ1n) is 12.2. The minimum Gasteiger partial charge on any atom is -0.352 e. The minimum absolute atomic E-state index is 0.0689. The van der Waals surface area contributed by atoms with Crippen molar-refractivity contribution in [3.63, 3.8) is 0 Å². The van der Waals surface area contributed by atoms with Gasteiger partial charge in [0.2, 0.25) is 0 Å². The van der Waals surface area contributed by atoms with Crippen LogP contribution in [0, 0.1) is 5.92 Å². The summed E-state index contributed by atoms with van der Waals surface area (Å²) in [6.45, 7) is 9.11. The van der Waals surface area contributed by atoms with Gasteiger partial charge in [-0.3, -0.25) is 14.2 Å². The van der Waals surface area contributed by atoms with Crippen LogP contribution in [0.5, 0.6) is 0 Å². The van der Waals surface area contributed by atoms with E-state index in [-0.39, 0.29) is 11.5 Å². The van der Waals surface area contributed by atoms with E-state index in [0.717, 1.165) is 23.1 Å². The highest BCUT2D eigenvalue weighted by Gasteiger charge is 2.13. The molecule has 0 spiro atoms. The second kappa shape index (κ2) is 11.9. The molecule has 4 aromatic rings. The molecule has 0 atom stereocenters. The maximum atomic E-state index is 13.4. The third kappa shape index (κ3) is 6.32. The molecular weight excluding hydrogens is 466 g/mol. The van der Waals surface area contributed by atoms with Crippen LogP contribution in [0.3, 0.4) is 0 Å². The molecule has 5 nitrogen and oxygen atoms in total. The monoisotopic (exact) mass is 497 g/mol. The molecule has 1 amide bonds. The largest absolute Gasteiger partial charge is 0.352 e. The normalized spacial score (nSPS) is 11.1. The molecule has 1 N–H and O–H groups in total. The molecule has 0 bridgehead atoms. The van der Waals surface area contributed by atoms with Crippen molar-refractivity contribution >= 4 is 34.6 Å². The van der Waals surface area contributed by atoms with Gasteiger partial charge in [0.25, 0.3) is 11.5 Å². The number of para-hydroxylation sites is 1. The third-order valence-electron chi connectivity index (χ3n) is 5.97. The van der Waals surface area contributed by atoms with Crippen LogP contribution in [0.4, 0.5) is 0 Å². The molecule has 0 saturated carbocycles.